The molecule has 0 aliphatic rings. The van der Waals surface area contributed by atoms with Crippen LogP contribution in [0, 0.1) is 0 Å². The highest BCUT2D eigenvalue weighted by atomic mass is 32.2. The number of rotatable bonds is 12. The van der Waals surface area contributed by atoms with Crippen LogP contribution in [-0.2, 0) is 32.6 Å². The van der Waals surface area contributed by atoms with Gasteiger partial charge in [-0.1, -0.05) is 60.7 Å². The molecule has 0 saturated carbocycles. The lowest BCUT2D eigenvalue weighted by Gasteiger charge is -2.32. The zero-order valence-electron chi connectivity index (χ0n) is 18.5. The molecule has 2 rings (SSSR count). The first-order chi connectivity index (χ1) is 15.2. The molecule has 0 unspecified atom stereocenters. The number of hydrogen-bond donors (Lipinski definition) is 2. The molecule has 0 fully saturated rings. The predicted octanol–water partition coefficient (Wildman–Crippen LogP) is 1.02. The van der Waals surface area contributed by atoms with Gasteiger partial charge in [-0.15, -0.1) is 0 Å². The number of amides is 2. The Balaban J connectivity index is 2.38. The number of likely N-dealkylation sites (N-methyl/N-ethyl adjacent to an activating group) is 1. The highest BCUT2D eigenvalue weighted by molar-refractivity contribution is 7.88. The maximum absolute atomic E-state index is 13.3. The quantitative estimate of drug-likeness (QED) is 0.459. The third-order valence-electron chi connectivity index (χ3n) is 5.03. The van der Waals surface area contributed by atoms with Gasteiger partial charge in [-0.3, -0.25) is 9.59 Å². The highest BCUT2D eigenvalue weighted by Crippen LogP contribution is 2.15. The van der Waals surface area contributed by atoms with Crippen molar-refractivity contribution in [3.8, 4) is 0 Å². The van der Waals surface area contributed by atoms with Crippen molar-refractivity contribution in [2.24, 2.45) is 0 Å². The average molecular weight is 462 g/mol. The fourth-order valence-electron chi connectivity index (χ4n) is 3.14. The van der Waals surface area contributed by atoms with E-state index in [9.17, 15) is 18.0 Å². The number of aliphatic hydroxyl groups excluding tert-OH is 1. The van der Waals surface area contributed by atoms with Crippen LogP contribution in [0.3, 0.4) is 0 Å². The third kappa shape index (κ3) is 8.07. The van der Waals surface area contributed by atoms with E-state index >= 15 is 0 Å². The molecule has 174 valence electrons. The second kappa shape index (κ2) is 12.3. The van der Waals surface area contributed by atoms with Crippen LogP contribution in [0.15, 0.2) is 60.7 Å². The lowest BCUT2D eigenvalue weighted by molar-refractivity contribution is -0.141. The van der Waals surface area contributed by atoms with Crippen LogP contribution in [0.4, 0.5) is 0 Å². The molecule has 2 aromatic carbocycles. The molecule has 0 bridgehead atoms. The fourth-order valence-corrected chi connectivity index (χ4v) is 3.49. The second-order valence-electron chi connectivity index (χ2n) is 7.60. The van der Waals surface area contributed by atoms with Crippen molar-refractivity contribution in [1.29, 1.82) is 0 Å². The van der Waals surface area contributed by atoms with Crippen LogP contribution < -0.4 is 5.32 Å². The SMILES string of the molecule is CN(CC(=O)N(Cc1ccccc1)[C@@H](Cc1ccccc1)C(=O)NCCCO)S(C)(=O)=O. The maximum Gasteiger partial charge on any atom is 0.243 e. The molecule has 0 heterocycles. The van der Waals surface area contributed by atoms with Crippen molar-refractivity contribution in [2.45, 2.75) is 25.4 Å². The monoisotopic (exact) mass is 461 g/mol. The van der Waals surface area contributed by atoms with E-state index in [1.807, 2.05) is 60.7 Å². The summed E-state index contributed by atoms with van der Waals surface area (Å²) in [5, 5.41) is 11.8. The van der Waals surface area contributed by atoms with Gasteiger partial charge in [-0.25, -0.2) is 8.42 Å². The Morgan fingerprint density at radius 1 is 1.00 bits per heavy atom. The van der Waals surface area contributed by atoms with Gasteiger partial charge in [0.05, 0.1) is 12.8 Å². The third-order valence-corrected chi connectivity index (χ3v) is 6.29. The molecule has 0 radical (unpaired) electrons. The zero-order valence-corrected chi connectivity index (χ0v) is 19.3. The van der Waals surface area contributed by atoms with Gasteiger partial charge in [-0.2, -0.15) is 4.31 Å². The predicted molar refractivity (Wildman–Crippen MR) is 123 cm³/mol. The molecule has 0 spiro atoms. The molecule has 8 nitrogen and oxygen atoms in total. The Hall–Kier alpha value is -2.75. The lowest BCUT2D eigenvalue weighted by atomic mass is 10.0. The summed E-state index contributed by atoms with van der Waals surface area (Å²) in [5.41, 5.74) is 1.70. The van der Waals surface area contributed by atoms with E-state index in [0.717, 1.165) is 21.7 Å². The Kier molecular flexibility index (Phi) is 9.83. The Bertz CT molecular complexity index is 968. The van der Waals surface area contributed by atoms with Crippen LogP contribution in [0.1, 0.15) is 17.5 Å². The minimum absolute atomic E-state index is 0.0601. The molecule has 0 aliphatic heterocycles. The normalized spacial score (nSPS) is 12.4. The van der Waals surface area contributed by atoms with Crippen LogP contribution in [0.2, 0.25) is 0 Å². The van der Waals surface area contributed by atoms with Crippen LogP contribution in [0.5, 0.6) is 0 Å². The van der Waals surface area contributed by atoms with E-state index in [1.165, 1.54) is 11.9 Å². The summed E-state index contributed by atoms with van der Waals surface area (Å²) in [5.74, 6) is -0.825. The standard InChI is InChI=1S/C23H31N3O5S/c1-25(32(2,30)31)18-22(28)26(17-20-12-7-4-8-13-20)21(23(29)24-14-9-15-27)16-19-10-5-3-6-11-19/h3-8,10-13,21,27H,9,14-18H2,1-2H3,(H,24,29)/t21-/m0/s1. The van der Waals surface area contributed by atoms with Gasteiger partial charge in [0.15, 0.2) is 0 Å². The maximum atomic E-state index is 13.3. The van der Waals surface area contributed by atoms with E-state index in [2.05, 4.69) is 5.32 Å². The fraction of sp³-hybridized carbons (Fsp3) is 0.391. The second-order valence-corrected chi connectivity index (χ2v) is 9.69. The van der Waals surface area contributed by atoms with Gasteiger partial charge in [0.2, 0.25) is 21.8 Å². The van der Waals surface area contributed by atoms with Crippen molar-refractivity contribution in [3.63, 3.8) is 0 Å². The number of aliphatic hydroxyl groups is 1. The summed E-state index contributed by atoms with van der Waals surface area (Å²) in [4.78, 5) is 27.8. The molecule has 0 aliphatic carbocycles. The first-order valence-electron chi connectivity index (χ1n) is 10.4. The summed E-state index contributed by atoms with van der Waals surface area (Å²) in [7, 11) is -2.23. The van der Waals surface area contributed by atoms with E-state index in [-0.39, 0.29) is 38.6 Å². The van der Waals surface area contributed by atoms with Gasteiger partial charge in [0.1, 0.15) is 6.04 Å². The number of carbonyl (C=O) groups is 2. The molecular formula is C23H31N3O5S. The summed E-state index contributed by atoms with van der Waals surface area (Å²) in [6.07, 6.45) is 1.70. The van der Waals surface area contributed by atoms with Gasteiger partial charge < -0.3 is 15.3 Å². The molecular weight excluding hydrogens is 430 g/mol. The number of nitrogens with one attached hydrogen (secondary N) is 1. The first kappa shape index (κ1) is 25.5. The Labute approximate surface area is 189 Å². The van der Waals surface area contributed by atoms with Gasteiger partial charge >= 0.3 is 0 Å². The van der Waals surface area contributed by atoms with Crippen LogP contribution >= 0.6 is 0 Å². The van der Waals surface area contributed by atoms with E-state index in [0.29, 0.717) is 6.42 Å². The number of nitrogens with zero attached hydrogens (tertiary/aromatic N) is 2. The summed E-state index contributed by atoms with van der Waals surface area (Å²) in [6.45, 7) is -0.00422. The number of carbonyl (C=O) groups excluding carboxylic acids is 2. The molecule has 2 N–H and O–H groups in total. The van der Waals surface area contributed by atoms with Gasteiger partial charge in [-0.05, 0) is 17.5 Å². The Morgan fingerprint density at radius 2 is 1.56 bits per heavy atom. The smallest absolute Gasteiger partial charge is 0.243 e. The van der Waals surface area contributed by atoms with Crippen molar-refractivity contribution < 1.29 is 23.1 Å². The van der Waals surface area contributed by atoms with E-state index < -0.39 is 22.0 Å². The minimum Gasteiger partial charge on any atom is -0.396 e. The van der Waals surface area contributed by atoms with E-state index in [4.69, 9.17) is 5.11 Å². The molecule has 1 atom stereocenters. The Morgan fingerprint density at radius 3 is 2.09 bits per heavy atom. The number of sulfonamides is 1. The first-order valence-corrected chi connectivity index (χ1v) is 12.2. The molecule has 2 amide bonds. The largest absolute Gasteiger partial charge is 0.396 e. The van der Waals surface area contributed by atoms with Crippen molar-refractivity contribution in [1.82, 2.24) is 14.5 Å². The summed E-state index contributed by atoms with van der Waals surface area (Å²) >= 11 is 0. The van der Waals surface area contributed by atoms with Crippen LogP contribution in [-0.4, -0.2) is 73.6 Å². The topological polar surface area (TPSA) is 107 Å². The molecule has 32 heavy (non-hydrogen) atoms. The lowest BCUT2D eigenvalue weighted by Crippen LogP contribution is -2.53. The number of hydrogen-bond acceptors (Lipinski definition) is 5. The minimum atomic E-state index is -3.57. The molecule has 0 aromatic heterocycles. The van der Waals surface area contributed by atoms with Gasteiger partial charge in [0.25, 0.3) is 0 Å². The van der Waals surface area contributed by atoms with Crippen LogP contribution in [0.25, 0.3) is 0 Å². The number of benzene rings is 2. The van der Waals surface area contributed by atoms with Crippen molar-refractivity contribution >= 4 is 21.8 Å². The van der Waals surface area contributed by atoms with Gasteiger partial charge in [0, 0.05) is 33.2 Å². The summed E-state index contributed by atoms with van der Waals surface area (Å²) in [6, 6.07) is 17.7. The molecule has 2 aromatic rings. The average Bonchev–Trinajstić information content (AvgIpc) is 2.77. The highest BCUT2D eigenvalue weighted by Gasteiger charge is 2.31. The summed E-state index contributed by atoms with van der Waals surface area (Å²) < 4.78 is 24.7. The van der Waals surface area contributed by atoms with E-state index in [1.54, 1.807) is 0 Å². The molecule has 9 heteroatoms. The molecule has 0 saturated heterocycles. The zero-order chi connectivity index (χ0) is 23.6. The van der Waals surface area contributed by atoms with Crippen molar-refractivity contribution in [2.75, 3.05) is 33.0 Å². The van der Waals surface area contributed by atoms with Crippen molar-refractivity contribution in [3.05, 3.63) is 71.8 Å².